The molecule has 0 aliphatic carbocycles. The van der Waals surface area contributed by atoms with E-state index < -0.39 is 0 Å². The highest BCUT2D eigenvalue weighted by Crippen LogP contribution is 2.32. The minimum absolute atomic E-state index is 0.0270. The first-order valence-corrected chi connectivity index (χ1v) is 13.8. The maximum atomic E-state index is 13.2. The van der Waals surface area contributed by atoms with Crippen LogP contribution in [0.1, 0.15) is 47.2 Å². The first-order valence-electron chi connectivity index (χ1n) is 13.1. The third-order valence-corrected chi connectivity index (χ3v) is 7.29. The number of halogens is 2. The quantitative estimate of drug-likeness (QED) is 0.224. The molecule has 2 N–H and O–H groups in total. The minimum atomic E-state index is -0.330. The third-order valence-electron chi connectivity index (χ3n) is 6.68. The van der Waals surface area contributed by atoms with E-state index in [1.165, 1.54) is 0 Å². The average Bonchev–Trinajstić information content (AvgIpc) is 3.32. The van der Waals surface area contributed by atoms with Crippen LogP contribution in [-0.2, 0) is 16.0 Å². The van der Waals surface area contributed by atoms with Gasteiger partial charge in [-0.1, -0.05) is 55.2 Å². The van der Waals surface area contributed by atoms with Gasteiger partial charge in [-0.15, -0.1) is 0 Å². The van der Waals surface area contributed by atoms with Gasteiger partial charge in [-0.2, -0.15) is 5.10 Å². The van der Waals surface area contributed by atoms with Crippen molar-refractivity contribution >= 4 is 40.1 Å². The van der Waals surface area contributed by atoms with Gasteiger partial charge in [0, 0.05) is 31.6 Å². The SMILES string of the molecule is CC(C)c1nn(-c2c(Cl)cccc2Cl)c2nc(Cc3ccc(C(=O)NOCCN4CCOCC4)cc3)[nH]c(=O)c12. The Labute approximate surface area is 241 Å². The molecule has 0 radical (unpaired) electrons. The summed E-state index contributed by atoms with van der Waals surface area (Å²) in [5.41, 5.74) is 4.97. The third kappa shape index (κ3) is 6.21. The molecule has 0 spiro atoms. The van der Waals surface area contributed by atoms with E-state index in [0.29, 0.717) is 70.1 Å². The second-order valence-corrected chi connectivity index (χ2v) is 10.7. The second kappa shape index (κ2) is 12.5. The summed E-state index contributed by atoms with van der Waals surface area (Å²) >= 11 is 12.9. The van der Waals surface area contributed by atoms with Crippen molar-refractivity contribution in [1.29, 1.82) is 0 Å². The molecule has 40 heavy (non-hydrogen) atoms. The molecule has 4 aromatic rings. The molecule has 1 fully saturated rings. The number of ether oxygens (including phenoxy) is 1. The number of benzene rings is 2. The number of morpholine rings is 1. The van der Waals surface area contributed by atoms with Gasteiger partial charge < -0.3 is 9.72 Å². The fraction of sp³-hybridized carbons (Fsp3) is 0.357. The van der Waals surface area contributed by atoms with Crippen molar-refractivity contribution in [3.05, 3.63) is 85.5 Å². The van der Waals surface area contributed by atoms with E-state index in [9.17, 15) is 9.59 Å². The van der Waals surface area contributed by atoms with Crippen LogP contribution >= 0.6 is 23.2 Å². The van der Waals surface area contributed by atoms with Crippen molar-refractivity contribution in [2.75, 3.05) is 39.5 Å². The van der Waals surface area contributed by atoms with Crippen LogP contribution in [-0.4, -0.2) is 70.0 Å². The minimum Gasteiger partial charge on any atom is -0.379 e. The van der Waals surface area contributed by atoms with Crippen LogP contribution < -0.4 is 11.0 Å². The lowest BCUT2D eigenvalue weighted by molar-refractivity contribution is -0.00177. The van der Waals surface area contributed by atoms with Crippen LogP contribution in [0, 0.1) is 0 Å². The summed E-state index contributed by atoms with van der Waals surface area (Å²) < 4.78 is 6.87. The number of fused-ring (bicyclic) bond motifs is 1. The Hall–Kier alpha value is -3.28. The molecule has 1 aliphatic rings. The Morgan fingerprint density at radius 1 is 1.12 bits per heavy atom. The van der Waals surface area contributed by atoms with Crippen LogP contribution in [0.3, 0.4) is 0 Å². The van der Waals surface area contributed by atoms with E-state index in [-0.39, 0.29) is 17.4 Å². The zero-order chi connectivity index (χ0) is 28.2. The highest BCUT2D eigenvalue weighted by Gasteiger charge is 2.22. The zero-order valence-corrected chi connectivity index (χ0v) is 23.8. The van der Waals surface area contributed by atoms with Crippen LogP contribution in [0.25, 0.3) is 16.7 Å². The van der Waals surface area contributed by atoms with Crippen molar-refractivity contribution in [3.63, 3.8) is 0 Å². The molecule has 0 bridgehead atoms. The molecule has 0 atom stereocenters. The van der Waals surface area contributed by atoms with E-state index in [2.05, 4.69) is 20.5 Å². The van der Waals surface area contributed by atoms with Crippen LogP contribution in [0.5, 0.6) is 0 Å². The Bertz CT molecular complexity index is 1540. The fourth-order valence-corrected chi connectivity index (χ4v) is 5.13. The number of amides is 1. The molecule has 1 saturated heterocycles. The van der Waals surface area contributed by atoms with Crippen molar-refractivity contribution in [1.82, 2.24) is 30.1 Å². The zero-order valence-electron chi connectivity index (χ0n) is 22.2. The summed E-state index contributed by atoms with van der Waals surface area (Å²) in [4.78, 5) is 40.9. The summed E-state index contributed by atoms with van der Waals surface area (Å²) in [7, 11) is 0. The van der Waals surface area contributed by atoms with Gasteiger partial charge in [-0.05, 0) is 35.7 Å². The van der Waals surface area contributed by atoms with Crippen LogP contribution in [0.4, 0.5) is 0 Å². The highest BCUT2D eigenvalue weighted by molar-refractivity contribution is 6.37. The molecule has 1 amide bonds. The van der Waals surface area contributed by atoms with E-state index >= 15 is 0 Å². The summed E-state index contributed by atoms with van der Waals surface area (Å²) in [6.07, 6.45) is 0.335. The first-order chi connectivity index (χ1) is 19.3. The smallest absolute Gasteiger partial charge is 0.274 e. The molecule has 0 unspecified atom stereocenters. The molecule has 2 aromatic heterocycles. The van der Waals surface area contributed by atoms with Crippen LogP contribution in [0.15, 0.2) is 47.3 Å². The molecule has 12 heteroatoms. The van der Waals surface area contributed by atoms with Gasteiger partial charge in [0.15, 0.2) is 5.65 Å². The predicted octanol–water partition coefficient (Wildman–Crippen LogP) is 4.12. The maximum Gasteiger partial charge on any atom is 0.274 e. The van der Waals surface area contributed by atoms with Gasteiger partial charge in [0.05, 0.1) is 35.6 Å². The van der Waals surface area contributed by atoms with Gasteiger partial charge in [0.2, 0.25) is 0 Å². The van der Waals surface area contributed by atoms with E-state index in [1.807, 2.05) is 26.0 Å². The fourth-order valence-electron chi connectivity index (χ4n) is 4.57. The van der Waals surface area contributed by atoms with Crippen LogP contribution in [0.2, 0.25) is 10.0 Å². The number of H-pyrrole nitrogens is 1. The number of para-hydroxylation sites is 1. The number of aromatic nitrogens is 4. The molecule has 10 nitrogen and oxygen atoms in total. The highest BCUT2D eigenvalue weighted by atomic mass is 35.5. The average molecular weight is 585 g/mol. The van der Waals surface area contributed by atoms with Crippen molar-refractivity contribution in [2.45, 2.75) is 26.2 Å². The number of nitrogens with one attached hydrogen (secondary N) is 2. The lowest BCUT2D eigenvalue weighted by Crippen LogP contribution is -2.39. The van der Waals surface area contributed by atoms with Crippen molar-refractivity contribution in [2.24, 2.45) is 0 Å². The number of carbonyl (C=O) groups excluding carboxylic acids is 1. The lowest BCUT2D eigenvalue weighted by atomic mass is 10.1. The second-order valence-electron chi connectivity index (χ2n) is 9.84. The number of rotatable bonds is 9. The van der Waals surface area contributed by atoms with E-state index in [1.54, 1.807) is 35.0 Å². The molecule has 1 aliphatic heterocycles. The number of hydrogen-bond donors (Lipinski definition) is 2. The Kier molecular flexibility index (Phi) is 8.82. The maximum absolute atomic E-state index is 13.2. The van der Waals surface area contributed by atoms with Gasteiger partial charge >= 0.3 is 0 Å². The van der Waals surface area contributed by atoms with E-state index in [0.717, 1.165) is 25.2 Å². The van der Waals surface area contributed by atoms with Crippen molar-refractivity contribution in [3.8, 4) is 5.69 Å². The number of carbonyl (C=O) groups is 1. The van der Waals surface area contributed by atoms with Gasteiger partial charge in [-0.25, -0.2) is 15.1 Å². The summed E-state index contributed by atoms with van der Waals surface area (Å²) in [5.74, 6) is 0.0878. The number of aromatic amines is 1. The molecule has 210 valence electrons. The normalized spacial score (nSPS) is 14.2. The van der Waals surface area contributed by atoms with Gasteiger partial charge in [0.1, 0.15) is 16.9 Å². The molecular weight excluding hydrogens is 555 g/mol. The van der Waals surface area contributed by atoms with E-state index in [4.69, 9.17) is 37.8 Å². The van der Waals surface area contributed by atoms with Gasteiger partial charge in [0.25, 0.3) is 11.5 Å². The van der Waals surface area contributed by atoms with Gasteiger partial charge in [-0.3, -0.25) is 19.3 Å². The molecule has 5 rings (SSSR count). The Morgan fingerprint density at radius 3 is 2.50 bits per heavy atom. The topological polar surface area (TPSA) is 114 Å². The standard InChI is InChI=1S/C28H30Cl2N6O4/c1-17(2)24-23-26(36(33-24)25-20(29)4-3-5-21(25)30)31-22(32-28(23)38)16-18-6-8-19(9-7-18)27(37)34-40-15-12-35-10-13-39-14-11-35/h3-9,17H,10-16H2,1-2H3,(H,34,37)(H,31,32,38). The lowest BCUT2D eigenvalue weighted by Gasteiger charge is -2.26. The first kappa shape index (κ1) is 28.3. The summed E-state index contributed by atoms with van der Waals surface area (Å²) in [5, 5.41) is 5.87. The number of nitrogens with zero attached hydrogens (tertiary/aromatic N) is 4. The molecular formula is C28H30Cl2N6O4. The summed E-state index contributed by atoms with van der Waals surface area (Å²) in [6.45, 7) is 8.18. The monoisotopic (exact) mass is 584 g/mol. The van der Waals surface area contributed by atoms with Crippen molar-refractivity contribution < 1.29 is 14.4 Å². The largest absolute Gasteiger partial charge is 0.379 e. The Balaban J connectivity index is 1.32. The molecule has 0 saturated carbocycles. The Morgan fingerprint density at radius 2 is 1.82 bits per heavy atom. The number of hydrogen-bond acceptors (Lipinski definition) is 7. The number of hydroxylamine groups is 1. The predicted molar refractivity (Wildman–Crippen MR) is 154 cm³/mol. The summed E-state index contributed by atoms with van der Waals surface area (Å²) in [6, 6.07) is 12.2. The molecule has 3 heterocycles. The molecule has 2 aromatic carbocycles.